The van der Waals surface area contributed by atoms with E-state index < -0.39 is 18.0 Å². The van der Waals surface area contributed by atoms with E-state index in [0.717, 1.165) is 6.92 Å². The number of nitrogens with two attached hydrogens (primary N) is 1. The summed E-state index contributed by atoms with van der Waals surface area (Å²) in [5, 5.41) is 18.4. The van der Waals surface area contributed by atoms with Crippen LogP contribution in [0.25, 0.3) is 0 Å². The van der Waals surface area contributed by atoms with Gasteiger partial charge in [0, 0.05) is 12.0 Å². The van der Waals surface area contributed by atoms with Gasteiger partial charge < -0.3 is 25.5 Å². The second kappa shape index (κ2) is 9.56. The molecule has 0 amide bonds. The fourth-order valence-electron chi connectivity index (χ4n) is 0. The summed E-state index contributed by atoms with van der Waals surface area (Å²) >= 11 is 0. The molecule has 0 aliphatic heterocycles. The summed E-state index contributed by atoms with van der Waals surface area (Å²) in [5.74, 6) is -2.30. The van der Waals surface area contributed by atoms with E-state index in [1.807, 2.05) is 0 Å². The molecule has 0 unspecified atom stereocenters. The maximum atomic E-state index is 9.46. The Morgan fingerprint density at radius 2 is 1.45 bits per heavy atom. The van der Waals surface area contributed by atoms with Crippen molar-refractivity contribution in [2.45, 2.75) is 19.9 Å². The molecule has 2 N–H and O–H groups in total. The summed E-state index contributed by atoms with van der Waals surface area (Å²) < 4.78 is 0. The van der Waals surface area contributed by atoms with Crippen LogP contribution in [0, 0.1) is 0 Å². The van der Waals surface area contributed by atoms with Crippen molar-refractivity contribution in [2.75, 3.05) is 0 Å². The van der Waals surface area contributed by atoms with Gasteiger partial charge in [-0.3, -0.25) is 0 Å². The van der Waals surface area contributed by atoms with Crippen LogP contribution in [-0.2, 0) is 30.0 Å². The molecule has 0 rings (SSSR count). The van der Waals surface area contributed by atoms with Crippen LogP contribution in [0.4, 0.5) is 0 Å². The van der Waals surface area contributed by atoms with Gasteiger partial charge in [-0.2, -0.15) is 0 Å². The number of carboxylic acids is 2. The molecule has 0 aliphatic carbocycles. The smallest absolute Gasteiger partial charge is 0.550 e. The Morgan fingerprint density at radius 1 is 1.36 bits per heavy atom. The fraction of sp³-hybridized carbons (Fsp3) is 0.600. The van der Waals surface area contributed by atoms with Gasteiger partial charge in [-0.25, -0.2) is 0 Å². The van der Waals surface area contributed by atoms with Crippen molar-refractivity contribution < 1.29 is 40.2 Å². The molecule has 0 saturated heterocycles. The first kappa shape index (κ1) is 16.9. The van der Waals surface area contributed by atoms with Gasteiger partial charge in [0.25, 0.3) is 0 Å². The standard InChI is InChI=1S/C3H7NO2.C2H4O2.Pd/c1-2(4)3(5)6;1-2(3)4;/h2H,4H2,1H3,(H,5,6);1H3,(H,3,4);/q;;+2/p-2/t2-;;/m0../s1. The van der Waals surface area contributed by atoms with Gasteiger partial charge in [-0.15, -0.1) is 0 Å². The molecule has 0 aromatic carbocycles. The molecule has 0 bridgehead atoms. The molecule has 0 aliphatic rings. The van der Waals surface area contributed by atoms with E-state index >= 15 is 0 Å². The maximum Gasteiger partial charge on any atom is 2.00 e. The minimum Gasteiger partial charge on any atom is -0.550 e. The second-order valence-corrected chi connectivity index (χ2v) is 1.60. The van der Waals surface area contributed by atoms with Crippen LogP contribution in [0.15, 0.2) is 0 Å². The Kier molecular flexibility index (Phi) is 14.7. The topological polar surface area (TPSA) is 106 Å². The molecule has 6 heteroatoms. The third kappa shape index (κ3) is 43.1. The van der Waals surface area contributed by atoms with Crippen LogP contribution in [0.5, 0.6) is 0 Å². The Balaban J connectivity index is -0.000000114. The number of carbonyl (C=O) groups is 2. The molecule has 0 heterocycles. The predicted octanol–water partition coefficient (Wildman–Crippen LogP) is -3.16. The number of hydrogen-bond acceptors (Lipinski definition) is 5. The van der Waals surface area contributed by atoms with Crippen molar-refractivity contribution in [2.24, 2.45) is 5.73 Å². The van der Waals surface area contributed by atoms with E-state index in [1.165, 1.54) is 6.92 Å². The van der Waals surface area contributed by atoms with Crippen molar-refractivity contribution in [3.8, 4) is 0 Å². The summed E-state index contributed by atoms with van der Waals surface area (Å²) in [4.78, 5) is 18.4. The van der Waals surface area contributed by atoms with E-state index in [0.29, 0.717) is 0 Å². The molecule has 0 radical (unpaired) electrons. The molecule has 0 aromatic rings. The molecular formula is C5H9NO4Pd. The summed E-state index contributed by atoms with van der Waals surface area (Å²) in [5.41, 5.74) is 4.77. The first-order valence-electron chi connectivity index (χ1n) is 2.52. The van der Waals surface area contributed by atoms with Gasteiger partial charge in [0.05, 0.1) is 5.97 Å². The Hall–Kier alpha value is -0.438. The number of aliphatic carboxylic acids is 2. The predicted molar refractivity (Wildman–Crippen MR) is 29.3 cm³/mol. The quantitative estimate of drug-likeness (QED) is 0.496. The number of hydrogen-bond donors (Lipinski definition) is 1. The molecule has 0 spiro atoms. The van der Waals surface area contributed by atoms with Crippen molar-refractivity contribution in [3.63, 3.8) is 0 Å². The summed E-state index contributed by atoms with van der Waals surface area (Å²) in [6, 6.07) is -0.843. The average Bonchev–Trinajstić information content (AvgIpc) is 1.63. The van der Waals surface area contributed by atoms with Gasteiger partial charge >= 0.3 is 20.4 Å². The molecule has 5 nitrogen and oxygen atoms in total. The van der Waals surface area contributed by atoms with Crippen LogP contribution >= 0.6 is 0 Å². The Bertz CT molecular complexity index is 122. The molecular weight excluding hydrogens is 244 g/mol. The maximum absolute atomic E-state index is 9.46. The minimum atomic E-state index is -1.21. The van der Waals surface area contributed by atoms with Crippen LogP contribution in [0.1, 0.15) is 13.8 Å². The zero-order valence-electron chi connectivity index (χ0n) is 6.10. The largest absolute Gasteiger partial charge is 2.00 e. The summed E-state index contributed by atoms with van der Waals surface area (Å²) in [7, 11) is 0. The van der Waals surface area contributed by atoms with Crippen molar-refractivity contribution in [3.05, 3.63) is 0 Å². The van der Waals surface area contributed by atoms with Gasteiger partial charge in [-0.1, -0.05) is 0 Å². The third-order valence-corrected chi connectivity index (χ3v) is 0.372. The fourth-order valence-corrected chi connectivity index (χ4v) is 0. The van der Waals surface area contributed by atoms with Gasteiger partial charge in [0.15, 0.2) is 0 Å². The van der Waals surface area contributed by atoms with E-state index in [-0.39, 0.29) is 20.4 Å². The number of carboxylic acid groups (broad SMARTS) is 2. The first-order chi connectivity index (χ1) is 4.37. The number of carbonyl (C=O) groups excluding carboxylic acids is 2. The second-order valence-electron chi connectivity index (χ2n) is 1.60. The van der Waals surface area contributed by atoms with E-state index in [1.54, 1.807) is 0 Å². The van der Waals surface area contributed by atoms with Crippen molar-refractivity contribution >= 4 is 11.9 Å². The summed E-state index contributed by atoms with van der Waals surface area (Å²) in [6.45, 7) is 2.33. The SMILES string of the molecule is CC(=O)[O-].C[C@H](N)C(=O)[O-].[Pd+2]. The van der Waals surface area contributed by atoms with Crippen LogP contribution < -0.4 is 15.9 Å². The average molecular weight is 254 g/mol. The van der Waals surface area contributed by atoms with Crippen molar-refractivity contribution in [1.82, 2.24) is 0 Å². The number of rotatable bonds is 1. The van der Waals surface area contributed by atoms with Crippen LogP contribution in [0.2, 0.25) is 0 Å². The Labute approximate surface area is 78.2 Å². The van der Waals surface area contributed by atoms with Crippen LogP contribution in [-0.4, -0.2) is 18.0 Å². The van der Waals surface area contributed by atoms with Crippen LogP contribution in [0.3, 0.4) is 0 Å². The van der Waals surface area contributed by atoms with E-state index in [9.17, 15) is 9.90 Å². The zero-order valence-corrected chi connectivity index (χ0v) is 7.66. The minimum absolute atomic E-state index is 0. The monoisotopic (exact) mass is 253 g/mol. The van der Waals surface area contributed by atoms with E-state index in [4.69, 9.17) is 15.6 Å². The van der Waals surface area contributed by atoms with Gasteiger partial charge in [-0.05, 0) is 13.8 Å². The first-order valence-corrected chi connectivity index (χ1v) is 2.52. The molecule has 68 valence electrons. The van der Waals surface area contributed by atoms with Gasteiger partial charge in [0.2, 0.25) is 0 Å². The summed E-state index contributed by atoms with van der Waals surface area (Å²) in [6.07, 6.45) is 0. The van der Waals surface area contributed by atoms with Crippen molar-refractivity contribution in [1.29, 1.82) is 0 Å². The zero-order chi connectivity index (χ0) is 8.73. The van der Waals surface area contributed by atoms with Gasteiger partial charge in [0.1, 0.15) is 0 Å². The molecule has 0 fully saturated rings. The molecule has 0 aromatic heterocycles. The van der Waals surface area contributed by atoms with E-state index in [2.05, 4.69) is 0 Å². The third-order valence-electron chi connectivity index (χ3n) is 0.372. The molecule has 0 saturated carbocycles. The molecule has 11 heavy (non-hydrogen) atoms. The normalized spacial score (nSPS) is 9.73. The Morgan fingerprint density at radius 3 is 1.45 bits per heavy atom. The molecule has 1 atom stereocenters.